The van der Waals surface area contributed by atoms with Gasteiger partial charge in [-0.15, -0.1) is 10.2 Å². The molecule has 0 aromatic carbocycles. The standard InChI is InChI=1S/C13H22N4O/c1-9-15-16-13(12-7-11(18)8-14-12)17(9)10-5-3-2-4-6-10/h10-12,14,18H,2-8H2,1H3/t11-,12-/m1/s1. The van der Waals surface area contributed by atoms with Crippen LogP contribution in [0.2, 0.25) is 0 Å². The summed E-state index contributed by atoms with van der Waals surface area (Å²) < 4.78 is 2.31. The summed E-state index contributed by atoms with van der Waals surface area (Å²) in [4.78, 5) is 0. The summed E-state index contributed by atoms with van der Waals surface area (Å²) in [5.74, 6) is 2.04. The van der Waals surface area contributed by atoms with Crippen LogP contribution in [0.15, 0.2) is 0 Å². The number of nitrogens with zero attached hydrogens (tertiary/aromatic N) is 3. The minimum absolute atomic E-state index is 0.170. The van der Waals surface area contributed by atoms with Crippen molar-refractivity contribution in [1.82, 2.24) is 20.1 Å². The van der Waals surface area contributed by atoms with Crippen molar-refractivity contribution in [1.29, 1.82) is 0 Å². The lowest BCUT2D eigenvalue weighted by atomic mass is 9.95. The third-order valence-corrected chi connectivity index (χ3v) is 4.25. The molecule has 0 amide bonds. The predicted molar refractivity (Wildman–Crippen MR) is 68.2 cm³/mol. The van der Waals surface area contributed by atoms with Crippen LogP contribution in [-0.4, -0.2) is 32.5 Å². The van der Waals surface area contributed by atoms with E-state index in [2.05, 4.69) is 20.1 Å². The third-order valence-electron chi connectivity index (χ3n) is 4.25. The number of aryl methyl sites for hydroxylation is 1. The lowest BCUT2D eigenvalue weighted by Crippen LogP contribution is -2.23. The molecule has 0 radical (unpaired) electrons. The molecule has 1 aromatic heterocycles. The van der Waals surface area contributed by atoms with Crippen molar-refractivity contribution in [2.75, 3.05) is 6.54 Å². The number of aromatic nitrogens is 3. The van der Waals surface area contributed by atoms with Crippen molar-refractivity contribution in [3.8, 4) is 0 Å². The second kappa shape index (κ2) is 4.97. The molecule has 100 valence electrons. The summed E-state index contributed by atoms with van der Waals surface area (Å²) in [6.45, 7) is 2.71. The Morgan fingerprint density at radius 3 is 2.67 bits per heavy atom. The van der Waals surface area contributed by atoms with Gasteiger partial charge in [-0.3, -0.25) is 0 Å². The molecule has 2 aliphatic rings. The molecule has 5 heteroatoms. The van der Waals surface area contributed by atoms with E-state index in [-0.39, 0.29) is 12.1 Å². The van der Waals surface area contributed by atoms with E-state index in [0.717, 1.165) is 18.1 Å². The number of hydrogen-bond acceptors (Lipinski definition) is 4. The van der Waals surface area contributed by atoms with E-state index in [1.807, 2.05) is 6.92 Å². The van der Waals surface area contributed by atoms with Gasteiger partial charge in [0.2, 0.25) is 0 Å². The van der Waals surface area contributed by atoms with Gasteiger partial charge in [-0.25, -0.2) is 0 Å². The van der Waals surface area contributed by atoms with Crippen LogP contribution in [0.1, 0.15) is 62.3 Å². The maximum atomic E-state index is 9.65. The van der Waals surface area contributed by atoms with Gasteiger partial charge in [0, 0.05) is 12.6 Å². The largest absolute Gasteiger partial charge is 0.392 e. The molecule has 0 unspecified atom stereocenters. The van der Waals surface area contributed by atoms with E-state index in [4.69, 9.17) is 0 Å². The molecule has 0 bridgehead atoms. The fourth-order valence-electron chi connectivity index (χ4n) is 3.33. The van der Waals surface area contributed by atoms with Crippen molar-refractivity contribution >= 4 is 0 Å². The maximum absolute atomic E-state index is 9.65. The number of β-amino-alcohol motifs (C(OH)–C–C–N with tert-alkyl or cyclic N) is 1. The number of rotatable bonds is 2. The van der Waals surface area contributed by atoms with Gasteiger partial charge in [0.1, 0.15) is 5.82 Å². The molecule has 1 aromatic rings. The smallest absolute Gasteiger partial charge is 0.150 e. The van der Waals surface area contributed by atoms with Gasteiger partial charge in [-0.1, -0.05) is 19.3 Å². The first-order valence-corrected chi connectivity index (χ1v) is 7.08. The van der Waals surface area contributed by atoms with E-state index in [1.54, 1.807) is 0 Å². The molecule has 18 heavy (non-hydrogen) atoms. The van der Waals surface area contributed by atoms with Crippen LogP contribution < -0.4 is 5.32 Å². The molecule has 1 saturated carbocycles. The highest BCUT2D eigenvalue weighted by atomic mass is 16.3. The van der Waals surface area contributed by atoms with Gasteiger partial charge < -0.3 is 15.0 Å². The van der Waals surface area contributed by atoms with Gasteiger partial charge in [-0.05, 0) is 26.2 Å². The van der Waals surface area contributed by atoms with Crippen molar-refractivity contribution in [2.24, 2.45) is 0 Å². The van der Waals surface area contributed by atoms with Gasteiger partial charge in [-0.2, -0.15) is 0 Å². The van der Waals surface area contributed by atoms with Crippen LogP contribution >= 0.6 is 0 Å². The molecule has 2 atom stereocenters. The molecule has 1 saturated heterocycles. The Morgan fingerprint density at radius 1 is 1.22 bits per heavy atom. The number of nitrogens with one attached hydrogen (secondary N) is 1. The normalized spacial score (nSPS) is 29.9. The Labute approximate surface area is 108 Å². The van der Waals surface area contributed by atoms with Crippen molar-refractivity contribution < 1.29 is 5.11 Å². The molecule has 3 rings (SSSR count). The van der Waals surface area contributed by atoms with E-state index in [0.29, 0.717) is 12.6 Å². The fraction of sp³-hybridized carbons (Fsp3) is 0.846. The van der Waals surface area contributed by atoms with Crippen LogP contribution in [0, 0.1) is 6.92 Å². The first-order valence-electron chi connectivity index (χ1n) is 7.08. The van der Waals surface area contributed by atoms with Crippen LogP contribution in [0.3, 0.4) is 0 Å². The zero-order valence-electron chi connectivity index (χ0n) is 11.0. The van der Waals surface area contributed by atoms with Crippen LogP contribution in [-0.2, 0) is 0 Å². The zero-order chi connectivity index (χ0) is 12.5. The monoisotopic (exact) mass is 250 g/mol. The van der Waals surface area contributed by atoms with Gasteiger partial charge in [0.05, 0.1) is 12.1 Å². The lowest BCUT2D eigenvalue weighted by Gasteiger charge is -2.26. The summed E-state index contributed by atoms with van der Waals surface area (Å²) in [7, 11) is 0. The Kier molecular flexibility index (Phi) is 3.35. The Balaban J connectivity index is 1.86. The minimum Gasteiger partial charge on any atom is -0.392 e. The van der Waals surface area contributed by atoms with Crippen molar-refractivity contribution in [2.45, 2.75) is 63.6 Å². The summed E-state index contributed by atoms with van der Waals surface area (Å²) >= 11 is 0. The second-order valence-corrected chi connectivity index (χ2v) is 5.62. The van der Waals surface area contributed by atoms with Gasteiger partial charge in [0.25, 0.3) is 0 Å². The van der Waals surface area contributed by atoms with Crippen LogP contribution in [0.4, 0.5) is 0 Å². The molecule has 1 aliphatic carbocycles. The fourth-order valence-corrected chi connectivity index (χ4v) is 3.33. The average molecular weight is 250 g/mol. The quantitative estimate of drug-likeness (QED) is 0.834. The van der Waals surface area contributed by atoms with E-state index in [1.165, 1.54) is 32.1 Å². The molecule has 5 nitrogen and oxygen atoms in total. The first kappa shape index (κ1) is 12.1. The SMILES string of the molecule is Cc1nnc([C@H]2C[C@@H](O)CN2)n1C1CCCCC1. The van der Waals surface area contributed by atoms with Crippen LogP contribution in [0.25, 0.3) is 0 Å². The summed E-state index contributed by atoms with van der Waals surface area (Å²) in [6.07, 6.45) is 6.96. The zero-order valence-corrected chi connectivity index (χ0v) is 11.0. The summed E-state index contributed by atoms with van der Waals surface area (Å²) in [5, 5.41) is 21.6. The second-order valence-electron chi connectivity index (χ2n) is 5.62. The molecule has 2 heterocycles. The van der Waals surface area contributed by atoms with E-state index in [9.17, 15) is 5.11 Å². The average Bonchev–Trinajstić information content (AvgIpc) is 2.96. The van der Waals surface area contributed by atoms with E-state index >= 15 is 0 Å². The van der Waals surface area contributed by atoms with E-state index < -0.39 is 0 Å². The van der Waals surface area contributed by atoms with Gasteiger partial charge >= 0.3 is 0 Å². The lowest BCUT2D eigenvalue weighted by molar-refractivity contribution is 0.192. The minimum atomic E-state index is -0.244. The molecular weight excluding hydrogens is 228 g/mol. The highest BCUT2D eigenvalue weighted by Gasteiger charge is 2.30. The Hall–Kier alpha value is -0.940. The number of aliphatic hydroxyl groups is 1. The number of aliphatic hydroxyl groups excluding tert-OH is 1. The summed E-state index contributed by atoms with van der Waals surface area (Å²) in [6, 6.07) is 0.728. The van der Waals surface area contributed by atoms with Gasteiger partial charge in [0.15, 0.2) is 5.82 Å². The third kappa shape index (κ3) is 2.17. The molecule has 1 aliphatic heterocycles. The maximum Gasteiger partial charge on any atom is 0.150 e. The summed E-state index contributed by atoms with van der Waals surface area (Å²) in [5.41, 5.74) is 0. The molecule has 2 fully saturated rings. The Bertz CT molecular complexity index is 411. The van der Waals surface area contributed by atoms with Crippen molar-refractivity contribution in [3.63, 3.8) is 0 Å². The highest BCUT2D eigenvalue weighted by Crippen LogP contribution is 2.32. The molecule has 2 N–H and O–H groups in total. The highest BCUT2D eigenvalue weighted by molar-refractivity contribution is 5.06. The van der Waals surface area contributed by atoms with Crippen molar-refractivity contribution in [3.05, 3.63) is 11.6 Å². The predicted octanol–water partition coefficient (Wildman–Crippen LogP) is 1.49. The topological polar surface area (TPSA) is 63.0 Å². The molecule has 0 spiro atoms. The molecular formula is C13H22N4O. The first-order chi connectivity index (χ1) is 8.75. The number of hydrogen-bond donors (Lipinski definition) is 2. The van der Waals surface area contributed by atoms with Crippen LogP contribution in [0.5, 0.6) is 0 Å². The Morgan fingerprint density at radius 2 is 2.00 bits per heavy atom.